The Morgan fingerprint density at radius 3 is 1.88 bits per heavy atom. The van der Waals surface area contributed by atoms with Gasteiger partial charge in [0, 0.05) is 0 Å². The van der Waals surface area contributed by atoms with Crippen LogP contribution in [0.4, 0.5) is 13.2 Å². The first kappa shape index (κ1) is 17.4. The minimum absolute atomic E-state index is 0.568. The number of halogens is 3. The van der Waals surface area contributed by atoms with Gasteiger partial charge in [-0.3, -0.25) is 0 Å². The SMILES string of the molecule is CC.CC.CCc1cccc(C(F)(F)F)c1. The smallest absolute Gasteiger partial charge is 0.166 e. The van der Waals surface area contributed by atoms with E-state index in [1.54, 1.807) is 6.07 Å². The molecule has 0 N–H and O–H groups in total. The van der Waals surface area contributed by atoms with Gasteiger partial charge in [-0.15, -0.1) is 0 Å². The summed E-state index contributed by atoms with van der Waals surface area (Å²) in [7, 11) is 0. The fraction of sp³-hybridized carbons (Fsp3) is 0.538. The molecule has 1 aromatic carbocycles. The van der Waals surface area contributed by atoms with E-state index in [1.165, 1.54) is 12.1 Å². The van der Waals surface area contributed by atoms with Gasteiger partial charge >= 0.3 is 6.18 Å². The van der Waals surface area contributed by atoms with Crippen molar-refractivity contribution in [1.82, 2.24) is 0 Å². The second kappa shape index (κ2) is 9.25. The maximum atomic E-state index is 12.1. The number of hydrogen-bond donors (Lipinski definition) is 0. The summed E-state index contributed by atoms with van der Waals surface area (Å²) in [6.07, 6.45) is -3.59. The van der Waals surface area contributed by atoms with Gasteiger partial charge in [0.2, 0.25) is 0 Å². The van der Waals surface area contributed by atoms with Gasteiger partial charge in [-0.25, -0.2) is 0 Å². The van der Waals surface area contributed by atoms with Gasteiger partial charge in [0.25, 0.3) is 0 Å². The summed E-state index contributed by atoms with van der Waals surface area (Å²) in [5.74, 6) is 0. The molecule has 16 heavy (non-hydrogen) atoms. The third kappa shape index (κ3) is 6.49. The molecule has 0 aromatic heterocycles. The quantitative estimate of drug-likeness (QED) is 0.617. The van der Waals surface area contributed by atoms with Crippen LogP contribution in [0.15, 0.2) is 24.3 Å². The monoisotopic (exact) mass is 234 g/mol. The maximum absolute atomic E-state index is 12.1. The lowest BCUT2D eigenvalue weighted by Gasteiger charge is -2.06. The summed E-state index contributed by atoms with van der Waals surface area (Å²) in [4.78, 5) is 0. The van der Waals surface area contributed by atoms with E-state index >= 15 is 0 Å². The molecular formula is C13H21F3. The zero-order valence-corrected chi connectivity index (χ0v) is 10.7. The third-order valence-electron chi connectivity index (χ3n) is 1.66. The molecule has 0 saturated heterocycles. The molecule has 0 heterocycles. The Balaban J connectivity index is 0. The molecule has 0 fully saturated rings. The Morgan fingerprint density at radius 1 is 1.00 bits per heavy atom. The van der Waals surface area contributed by atoms with Crippen molar-refractivity contribution in [2.24, 2.45) is 0 Å². The van der Waals surface area contributed by atoms with Crippen molar-refractivity contribution >= 4 is 0 Å². The number of rotatable bonds is 1. The van der Waals surface area contributed by atoms with Crippen molar-refractivity contribution in [3.05, 3.63) is 35.4 Å². The normalized spacial score (nSPS) is 9.50. The maximum Gasteiger partial charge on any atom is 0.416 e. The summed E-state index contributed by atoms with van der Waals surface area (Å²) < 4.78 is 36.3. The highest BCUT2D eigenvalue weighted by atomic mass is 19.4. The van der Waals surface area contributed by atoms with Crippen LogP contribution in [0.2, 0.25) is 0 Å². The van der Waals surface area contributed by atoms with Gasteiger partial charge in [-0.1, -0.05) is 52.8 Å². The van der Waals surface area contributed by atoms with Crippen LogP contribution in [0.25, 0.3) is 0 Å². The molecule has 0 saturated carbocycles. The average molecular weight is 234 g/mol. The number of benzene rings is 1. The van der Waals surface area contributed by atoms with E-state index in [4.69, 9.17) is 0 Å². The lowest BCUT2D eigenvalue weighted by molar-refractivity contribution is -0.137. The van der Waals surface area contributed by atoms with Crippen molar-refractivity contribution in [2.75, 3.05) is 0 Å². The first-order valence-electron chi connectivity index (χ1n) is 5.70. The van der Waals surface area contributed by atoms with Crippen LogP contribution in [0.5, 0.6) is 0 Å². The van der Waals surface area contributed by atoms with Gasteiger partial charge in [0.05, 0.1) is 5.56 Å². The van der Waals surface area contributed by atoms with Crippen LogP contribution in [-0.2, 0) is 12.6 Å². The molecule has 0 atom stereocenters. The van der Waals surface area contributed by atoms with Crippen molar-refractivity contribution < 1.29 is 13.2 Å². The molecular weight excluding hydrogens is 213 g/mol. The van der Waals surface area contributed by atoms with Crippen LogP contribution in [0, 0.1) is 0 Å². The summed E-state index contributed by atoms with van der Waals surface area (Å²) in [6, 6.07) is 5.38. The number of alkyl halides is 3. The van der Waals surface area contributed by atoms with Crippen molar-refractivity contribution in [3.63, 3.8) is 0 Å². The van der Waals surface area contributed by atoms with Crippen LogP contribution in [0.1, 0.15) is 45.7 Å². The summed E-state index contributed by atoms with van der Waals surface area (Å²) in [5, 5.41) is 0. The molecule has 0 nitrogen and oxygen atoms in total. The molecule has 0 unspecified atom stereocenters. The lowest BCUT2D eigenvalue weighted by Crippen LogP contribution is -2.04. The number of aryl methyl sites for hydroxylation is 1. The van der Waals surface area contributed by atoms with Crippen molar-refractivity contribution in [2.45, 2.75) is 47.2 Å². The fourth-order valence-corrected chi connectivity index (χ4v) is 0.968. The van der Waals surface area contributed by atoms with Gasteiger partial charge in [0.15, 0.2) is 0 Å². The van der Waals surface area contributed by atoms with Gasteiger partial charge in [-0.2, -0.15) is 13.2 Å². The zero-order valence-electron chi connectivity index (χ0n) is 10.7. The van der Waals surface area contributed by atoms with E-state index < -0.39 is 11.7 Å². The predicted molar refractivity (Wildman–Crippen MR) is 63.5 cm³/mol. The molecule has 3 heteroatoms. The molecule has 0 aliphatic carbocycles. The highest BCUT2D eigenvalue weighted by molar-refractivity contribution is 5.25. The average Bonchev–Trinajstić information content (AvgIpc) is 2.33. The highest BCUT2D eigenvalue weighted by Crippen LogP contribution is 2.29. The molecule has 0 aliphatic rings. The number of hydrogen-bond acceptors (Lipinski definition) is 0. The zero-order chi connectivity index (χ0) is 13.2. The van der Waals surface area contributed by atoms with E-state index in [0.29, 0.717) is 12.0 Å². The van der Waals surface area contributed by atoms with E-state index in [9.17, 15) is 13.2 Å². The summed E-state index contributed by atoms with van der Waals surface area (Å²) in [5.41, 5.74) is 0.145. The Hall–Kier alpha value is -0.990. The molecule has 1 aromatic rings. The second-order valence-electron chi connectivity index (χ2n) is 2.55. The summed E-state index contributed by atoms with van der Waals surface area (Å²) in [6.45, 7) is 9.83. The van der Waals surface area contributed by atoms with Gasteiger partial charge < -0.3 is 0 Å². The lowest BCUT2D eigenvalue weighted by atomic mass is 10.1. The van der Waals surface area contributed by atoms with Crippen LogP contribution < -0.4 is 0 Å². The van der Waals surface area contributed by atoms with E-state index in [-0.39, 0.29) is 0 Å². The second-order valence-corrected chi connectivity index (χ2v) is 2.55. The Bertz CT molecular complexity index is 264. The standard InChI is InChI=1S/C9H9F3.2C2H6/c1-2-7-4-3-5-8(6-7)9(10,11)12;2*1-2/h3-6H,2H2,1H3;2*1-2H3. The fourth-order valence-electron chi connectivity index (χ4n) is 0.968. The van der Waals surface area contributed by atoms with E-state index in [1.807, 2.05) is 34.6 Å². The predicted octanol–water partition coefficient (Wildman–Crippen LogP) is 5.32. The van der Waals surface area contributed by atoms with E-state index in [2.05, 4.69) is 0 Å². The molecule has 0 radical (unpaired) electrons. The Morgan fingerprint density at radius 2 is 1.50 bits per heavy atom. The third-order valence-corrected chi connectivity index (χ3v) is 1.66. The van der Waals surface area contributed by atoms with Crippen LogP contribution in [-0.4, -0.2) is 0 Å². The molecule has 0 amide bonds. The Labute approximate surface area is 96.5 Å². The Kier molecular flexibility index (Phi) is 10.1. The van der Waals surface area contributed by atoms with Crippen LogP contribution in [0.3, 0.4) is 0 Å². The molecule has 0 bridgehead atoms. The van der Waals surface area contributed by atoms with Crippen LogP contribution >= 0.6 is 0 Å². The molecule has 94 valence electrons. The molecule has 1 rings (SSSR count). The van der Waals surface area contributed by atoms with Gasteiger partial charge in [0.1, 0.15) is 0 Å². The van der Waals surface area contributed by atoms with Crippen molar-refractivity contribution in [3.8, 4) is 0 Å². The van der Waals surface area contributed by atoms with Crippen molar-refractivity contribution in [1.29, 1.82) is 0 Å². The summed E-state index contributed by atoms with van der Waals surface area (Å²) >= 11 is 0. The van der Waals surface area contributed by atoms with Gasteiger partial charge in [-0.05, 0) is 18.1 Å². The van der Waals surface area contributed by atoms with E-state index in [0.717, 1.165) is 6.07 Å². The minimum atomic E-state index is -4.22. The highest BCUT2D eigenvalue weighted by Gasteiger charge is 2.30. The largest absolute Gasteiger partial charge is 0.416 e. The molecule has 0 aliphatic heterocycles. The minimum Gasteiger partial charge on any atom is -0.166 e. The first-order valence-corrected chi connectivity index (χ1v) is 5.70. The molecule has 0 spiro atoms. The first-order chi connectivity index (χ1) is 7.54. The topological polar surface area (TPSA) is 0 Å².